The lowest BCUT2D eigenvalue weighted by molar-refractivity contribution is -0.132. The molecular formula is C7H10N4O2. The molecule has 13 heavy (non-hydrogen) atoms. The summed E-state index contributed by atoms with van der Waals surface area (Å²) in [6, 6.07) is 0. The second kappa shape index (κ2) is 3.53. The molecule has 1 aliphatic rings. The van der Waals surface area contributed by atoms with Gasteiger partial charge in [0.25, 0.3) is 0 Å². The topological polar surface area (TPSA) is 71.3 Å². The first-order valence-electron chi connectivity index (χ1n) is 4.11. The Bertz CT molecular complexity index is 285. The maximum Gasteiger partial charge on any atom is 0.236 e. The number of carbonyl (C=O) groups excluding carboxylic acids is 1. The fraction of sp³-hybridized carbons (Fsp3) is 0.571. The summed E-state index contributed by atoms with van der Waals surface area (Å²) in [6.07, 6.45) is 1.52. The van der Waals surface area contributed by atoms with Crippen LogP contribution in [0.3, 0.4) is 0 Å². The molecule has 70 valence electrons. The summed E-state index contributed by atoms with van der Waals surface area (Å²) < 4.78 is 4.81. The van der Waals surface area contributed by atoms with Crippen molar-refractivity contribution in [2.24, 2.45) is 0 Å². The number of hydrogen-bond acceptors (Lipinski definition) is 5. The van der Waals surface area contributed by atoms with Crippen LogP contribution in [0.1, 0.15) is 5.76 Å². The van der Waals surface area contributed by atoms with Crippen LogP contribution in [0.15, 0.2) is 10.7 Å². The fourth-order valence-electron chi connectivity index (χ4n) is 1.26. The maximum atomic E-state index is 11.3. The van der Waals surface area contributed by atoms with Gasteiger partial charge >= 0.3 is 0 Å². The van der Waals surface area contributed by atoms with Crippen molar-refractivity contribution in [1.29, 1.82) is 0 Å². The molecule has 0 radical (unpaired) electrons. The molecule has 0 aliphatic carbocycles. The third-order valence-corrected chi connectivity index (χ3v) is 1.94. The first-order chi connectivity index (χ1) is 6.36. The molecule has 2 rings (SSSR count). The molecular weight excluding hydrogens is 172 g/mol. The zero-order chi connectivity index (χ0) is 9.10. The summed E-state index contributed by atoms with van der Waals surface area (Å²) in [5.74, 6) is 0.706. The smallest absolute Gasteiger partial charge is 0.236 e. The van der Waals surface area contributed by atoms with Crippen LogP contribution in [0.2, 0.25) is 0 Å². The molecule has 1 amide bonds. The van der Waals surface area contributed by atoms with Crippen LogP contribution < -0.4 is 5.32 Å². The lowest BCUT2D eigenvalue weighted by Gasteiger charge is -2.25. The van der Waals surface area contributed by atoms with Crippen LogP contribution >= 0.6 is 0 Å². The number of carbonyl (C=O) groups is 1. The minimum Gasteiger partial charge on any atom is -0.340 e. The summed E-state index contributed by atoms with van der Waals surface area (Å²) in [5.41, 5.74) is 0. The van der Waals surface area contributed by atoms with Crippen LogP contribution in [0.4, 0.5) is 0 Å². The molecule has 6 nitrogen and oxygen atoms in total. The van der Waals surface area contributed by atoms with Crippen LogP contribution in [0.25, 0.3) is 0 Å². The number of amides is 1. The standard InChI is InChI=1S/C7H10N4O2/c12-7-4-8-1-2-11(7)5-6-3-9-10-13-6/h3,8H,1-2,4-5H2. The predicted octanol–water partition coefficient (Wildman–Crippen LogP) is -0.999. The number of hydrogen-bond donors (Lipinski definition) is 1. The molecule has 1 saturated heterocycles. The van der Waals surface area contributed by atoms with E-state index in [9.17, 15) is 4.79 Å². The molecule has 0 aromatic carbocycles. The number of piperazine rings is 1. The Hall–Kier alpha value is -1.43. The van der Waals surface area contributed by atoms with Gasteiger partial charge in [0.1, 0.15) is 0 Å². The quantitative estimate of drug-likeness (QED) is 0.635. The molecule has 0 atom stereocenters. The Morgan fingerprint density at radius 1 is 1.69 bits per heavy atom. The monoisotopic (exact) mass is 182 g/mol. The number of rotatable bonds is 2. The Morgan fingerprint density at radius 3 is 3.31 bits per heavy atom. The van der Waals surface area contributed by atoms with Gasteiger partial charge in [0.15, 0.2) is 5.76 Å². The summed E-state index contributed by atoms with van der Waals surface area (Å²) in [7, 11) is 0. The van der Waals surface area contributed by atoms with Crippen LogP contribution in [0.5, 0.6) is 0 Å². The van der Waals surface area contributed by atoms with Gasteiger partial charge in [-0.25, -0.2) is 0 Å². The minimum atomic E-state index is 0.0858. The molecule has 0 saturated carbocycles. The molecule has 0 spiro atoms. The molecule has 1 aromatic rings. The van der Waals surface area contributed by atoms with E-state index in [1.54, 1.807) is 4.90 Å². The van der Waals surface area contributed by atoms with Crippen molar-refractivity contribution < 1.29 is 9.32 Å². The third kappa shape index (κ3) is 1.83. The first kappa shape index (κ1) is 8.18. The van der Waals surface area contributed by atoms with Gasteiger partial charge in [-0.15, -0.1) is 5.10 Å². The highest BCUT2D eigenvalue weighted by molar-refractivity contribution is 5.78. The van der Waals surface area contributed by atoms with E-state index in [-0.39, 0.29) is 5.91 Å². The molecule has 1 aliphatic heterocycles. The molecule has 1 N–H and O–H groups in total. The van der Waals surface area contributed by atoms with Gasteiger partial charge in [-0.3, -0.25) is 4.79 Å². The molecule has 0 unspecified atom stereocenters. The van der Waals surface area contributed by atoms with E-state index in [0.29, 0.717) is 25.4 Å². The first-order valence-corrected chi connectivity index (χ1v) is 4.11. The summed E-state index contributed by atoms with van der Waals surface area (Å²) in [6.45, 7) is 2.40. The number of nitrogens with one attached hydrogen (secondary N) is 1. The Morgan fingerprint density at radius 2 is 2.62 bits per heavy atom. The lowest BCUT2D eigenvalue weighted by Crippen LogP contribution is -2.47. The van der Waals surface area contributed by atoms with Crippen molar-refractivity contribution in [3.63, 3.8) is 0 Å². The lowest BCUT2D eigenvalue weighted by atomic mass is 10.3. The highest BCUT2D eigenvalue weighted by atomic mass is 16.5. The van der Waals surface area contributed by atoms with Crippen molar-refractivity contribution in [3.05, 3.63) is 12.0 Å². The van der Waals surface area contributed by atoms with E-state index in [2.05, 4.69) is 15.7 Å². The Kier molecular flexibility index (Phi) is 2.22. The van der Waals surface area contributed by atoms with Gasteiger partial charge in [0, 0.05) is 18.4 Å². The van der Waals surface area contributed by atoms with Gasteiger partial charge in [-0.1, -0.05) is 0 Å². The minimum absolute atomic E-state index is 0.0858. The van der Waals surface area contributed by atoms with E-state index in [1.165, 1.54) is 6.20 Å². The van der Waals surface area contributed by atoms with E-state index < -0.39 is 0 Å². The normalized spacial score (nSPS) is 17.8. The van der Waals surface area contributed by atoms with Crippen molar-refractivity contribution in [2.45, 2.75) is 6.54 Å². The van der Waals surface area contributed by atoms with Crippen molar-refractivity contribution in [2.75, 3.05) is 19.6 Å². The van der Waals surface area contributed by atoms with E-state index in [1.807, 2.05) is 0 Å². The third-order valence-electron chi connectivity index (χ3n) is 1.94. The van der Waals surface area contributed by atoms with Gasteiger partial charge in [-0.05, 0) is 0 Å². The van der Waals surface area contributed by atoms with E-state index in [0.717, 1.165) is 6.54 Å². The summed E-state index contributed by atoms with van der Waals surface area (Å²) >= 11 is 0. The van der Waals surface area contributed by atoms with Gasteiger partial charge < -0.3 is 14.7 Å². The van der Waals surface area contributed by atoms with Crippen molar-refractivity contribution >= 4 is 5.91 Å². The fourth-order valence-corrected chi connectivity index (χ4v) is 1.26. The Labute approximate surface area is 74.9 Å². The second-order valence-electron chi connectivity index (χ2n) is 2.88. The van der Waals surface area contributed by atoms with Gasteiger partial charge in [0.2, 0.25) is 5.91 Å². The molecule has 6 heteroatoms. The zero-order valence-corrected chi connectivity index (χ0v) is 7.06. The van der Waals surface area contributed by atoms with Crippen LogP contribution in [0, 0.1) is 0 Å². The van der Waals surface area contributed by atoms with Gasteiger partial charge in [-0.2, -0.15) is 0 Å². The van der Waals surface area contributed by atoms with E-state index in [4.69, 9.17) is 4.52 Å². The Balaban J connectivity index is 1.97. The molecule has 1 aromatic heterocycles. The highest BCUT2D eigenvalue weighted by Gasteiger charge is 2.18. The molecule has 0 bridgehead atoms. The average Bonchev–Trinajstić information content (AvgIpc) is 2.61. The van der Waals surface area contributed by atoms with Crippen molar-refractivity contribution in [1.82, 2.24) is 20.6 Å². The molecule has 2 heterocycles. The predicted molar refractivity (Wildman–Crippen MR) is 42.6 cm³/mol. The van der Waals surface area contributed by atoms with E-state index >= 15 is 0 Å². The number of aromatic nitrogens is 2. The van der Waals surface area contributed by atoms with Crippen LogP contribution in [-0.4, -0.2) is 40.8 Å². The maximum absolute atomic E-state index is 11.3. The number of nitrogens with zero attached hydrogens (tertiary/aromatic N) is 3. The van der Waals surface area contributed by atoms with Gasteiger partial charge in [0.05, 0.1) is 19.3 Å². The SMILES string of the molecule is O=C1CNCCN1Cc1cnno1. The zero-order valence-electron chi connectivity index (χ0n) is 7.06. The summed E-state index contributed by atoms with van der Waals surface area (Å²) in [5, 5.41) is 9.87. The highest BCUT2D eigenvalue weighted by Crippen LogP contribution is 2.03. The largest absolute Gasteiger partial charge is 0.340 e. The van der Waals surface area contributed by atoms with Crippen LogP contribution in [-0.2, 0) is 11.3 Å². The average molecular weight is 182 g/mol. The second-order valence-corrected chi connectivity index (χ2v) is 2.88. The summed E-state index contributed by atoms with van der Waals surface area (Å²) in [4.78, 5) is 13.0. The molecule has 1 fully saturated rings. The van der Waals surface area contributed by atoms with Crippen molar-refractivity contribution in [3.8, 4) is 0 Å².